The van der Waals surface area contributed by atoms with E-state index in [1.54, 1.807) is 54.6 Å². The third-order valence-corrected chi connectivity index (χ3v) is 4.44. The minimum atomic E-state index is -1.24. The number of carbonyl (C=O) groups is 2. The summed E-state index contributed by atoms with van der Waals surface area (Å²) in [5, 5.41) is 14.0. The van der Waals surface area contributed by atoms with E-state index in [1.807, 2.05) is 6.92 Å². The molecule has 7 heteroatoms. The van der Waals surface area contributed by atoms with Crippen LogP contribution in [0.3, 0.4) is 0 Å². The molecule has 0 aliphatic heterocycles. The Balaban J connectivity index is 1.96. The summed E-state index contributed by atoms with van der Waals surface area (Å²) >= 11 is 0. The number of non-ortho nitro benzene ring substituents is 1. The molecule has 3 aromatic rings. The van der Waals surface area contributed by atoms with Crippen LogP contribution in [-0.4, -0.2) is 23.2 Å². The molecule has 0 aliphatic rings. The molecule has 0 bridgehead atoms. The first-order valence-corrected chi connectivity index (χ1v) is 9.38. The Hall–Kier alpha value is -4.00. The molecule has 0 saturated heterocycles. The van der Waals surface area contributed by atoms with Crippen LogP contribution >= 0.6 is 0 Å². The monoisotopic (exact) mass is 404 g/mol. The van der Waals surface area contributed by atoms with Crippen LogP contribution in [0.15, 0.2) is 78.9 Å². The van der Waals surface area contributed by atoms with E-state index in [-0.39, 0.29) is 5.69 Å². The molecule has 0 amide bonds. The maximum Gasteiger partial charge on any atom is 0.341 e. The molecule has 0 unspecified atom stereocenters. The number of esters is 1. The van der Waals surface area contributed by atoms with E-state index in [9.17, 15) is 19.7 Å². The summed E-state index contributed by atoms with van der Waals surface area (Å²) in [7, 11) is 0. The van der Waals surface area contributed by atoms with Crippen LogP contribution in [0.1, 0.15) is 39.3 Å². The first kappa shape index (κ1) is 20.7. The molecule has 3 rings (SSSR count). The van der Waals surface area contributed by atoms with Gasteiger partial charge in [0.05, 0.1) is 10.5 Å². The molecular weight excluding hydrogens is 384 g/mol. The summed E-state index contributed by atoms with van der Waals surface area (Å²) in [6, 6.07) is 20.7. The van der Waals surface area contributed by atoms with Crippen molar-refractivity contribution in [3.8, 4) is 0 Å². The fourth-order valence-electron chi connectivity index (χ4n) is 2.97. The normalized spacial score (nSPS) is 11.4. The molecule has 0 saturated carbocycles. The number of benzene rings is 3. The van der Waals surface area contributed by atoms with E-state index in [0.717, 1.165) is 0 Å². The summed E-state index contributed by atoms with van der Waals surface area (Å²) < 4.78 is 5.63. The highest BCUT2D eigenvalue weighted by molar-refractivity contribution is 6.03. The number of Topliss-reactive ketones (excluding diaryl/α,β-unsaturated/α-hetero) is 1. The standard InChI is InChI=1S/C23H20N2O5/c1-2-24-20-11-7-6-10-19(20)23(27)30-22(21(26)16-8-4-3-5-9-16)17-12-14-18(15-13-17)25(28)29/h3-15,22,24H,2H2,1H3/t22-/m1/s1. The number of hydrogen-bond acceptors (Lipinski definition) is 6. The number of rotatable bonds is 8. The number of nitrogens with zero attached hydrogens (tertiary/aromatic N) is 1. The van der Waals surface area contributed by atoms with Crippen LogP contribution < -0.4 is 5.32 Å². The quantitative estimate of drug-likeness (QED) is 0.250. The van der Waals surface area contributed by atoms with Gasteiger partial charge in [-0.25, -0.2) is 4.79 Å². The van der Waals surface area contributed by atoms with Gasteiger partial charge in [-0.15, -0.1) is 0 Å². The van der Waals surface area contributed by atoms with Crippen LogP contribution in [0.25, 0.3) is 0 Å². The molecule has 0 fully saturated rings. The second-order valence-corrected chi connectivity index (χ2v) is 6.44. The molecule has 1 N–H and O–H groups in total. The van der Waals surface area contributed by atoms with Gasteiger partial charge in [-0.2, -0.15) is 0 Å². The summed E-state index contributed by atoms with van der Waals surface area (Å²) in [6.07, 6.45) is -1.24. The van der Waals surface area contributed by atoms with Crippen molar-refractivity contribution in [2.24, 2.45) is 0 Å². The van der Waals surface area contributed by atoms with E-state index >= 15 is 0 Å². The van der Waals surface area contributed by atoms with Crippen molar-refractivity contribution in [1.29, 1.82) is 0 Å². The lowest BCUT2D eigenvalue weighted by Crippen LogP contribution is -2.21. The first-order valence-electron chi connectivity index (χ1n) is 9.38. The lowest BCUT2D eigenvalue weighted by atomic mass is 9.99. The van der Waals surface area contributed by atoms with Crippen LogP contribution in [-0.2, 0) is 4.74 Å². The number of nitro benzene ring substituents is 1. The summed E-state index contributed by atoms with van der Waals surface area (Å²) in [5.41, 5.74) is 1.50. The summed E-state index contributed by atoms with van der Waals surface area (Å²) in [5.74, 6) is -1.09. The highest BCUT2D eigenvalue weighted by Crippen LogP contribution is 2.27. The first-order chi connectivity index (χ1) is 14.5. The van der Waals surface area contributed by atoms with Gasteiger partial charge < -0.3 is 10.1 Å². The molecular formula is C23H20N2O5. The molecule has 1 atom stereocenters. The van der Waals surface area contributed by atoms with Gasteiger partial charge >= 0.3 is 5.97 Å². The lowest BCUT2D eigenvalue weighted by molar-refractivity contribution is -0.384. The summed E-state index contributed by atoms with van der Waals surface area (Å²) in [4.78, 5) is 36.4. The Morgan fingerprint density at radius 2 is 1.60 bits per heavy atom. The number of hydrogen-bond donors (Lipinski definition) is 1. The molecule has 0 aromatic heterocycles. The zero-order valence-corrected chi connectivity index (χ0v) is 16.3. The average Bonchev–Trinajstić information content (AvgIpc) is 2.78. The Morgan fingerprint density at radius 3 is 2.23 bits per heavy atom. The van der Waals surface area contributed by atoms with Crippen molar-refractivity contribution < 1.29 is 19.2 Å². The van der Waals surface area contributed by atoms with Gasteiger partial charge in [-0.1, -0.05) is 42.5 Å². The predicted molar refractivity (Wildman–Crippen MR) is 113 cm³/mol. The Bertz CT molecular complexity index is 1050. The van der Waals surface area contributed by atoms with Crippen molar-refractivity contribution in [2.75, 3.05) is 11.9 Å². The van der Waals surface area contributed by atoms with E-state index in [1.165, 1.54) is 24.3 Å². The Kier molecular flexibility index (Phi) is 6.54. The van der Waals surface area contributed by atoms with Gasteiger partial charge in [0, 0.05) is 35.5 Å². The van der Waals surface area contributed by atoms with Crippen molar-refractivity contribution in [3.05, 3.63) is 106 Å². The van der Waals surface area contributed by atoms with Gasteiger partial charge in [0.2, 0.25) is 5.78 Å². The second-order valence-electron chi connectivity index (χ2n) is 6.44. The van der Waals surface area contributed by atoms with Gasteiger partial charge in [0.15, 0.2) is 6.10 Å². The molecule has 0 aliphatic carbocycles. The minimum absolute atomic E-state index is 0.117. The topological polar surface area (TPSA) is 98.5 Å². The van der Waals surface area contributed by atoms with Gasteiger partial charge in [-0.3, -0.25) is 14.9 Å². The smallest absolute Gasteiger partial charge is 0.341 e. The SMILES string of the molecule is CCNc1ccccc1C(=O)O[C@@H](C(=O)c1ccccc1)c1ccc([N+](=O)[O-])cc1. The number of nitrogens with one attached hydrogen (secondary N) is 1. The Morgan fingerprint density at radius 1 is 0.967 bits per heavy atom. The fraction of sp³-hybridized carbons (Fsp3) is 0.130. The second kappa shape index (κ2) is 9.47. The van der Waals surface area contributed by atoms with Gasteiger partial charge in [0.1, 0.15) is 0 Å². The number of ether oxygens (including phenoxy) is 1. The van der Waals surface area contributed by atoms with Crippen molar-refractivity contribution in [2.45, 2.75) is 13.0 Å². The number of carbonyl (C=O) groups excluding carboxylic acids is 2. The van der Waals surface area contributed by atoms with E-state index < -0.39 is 22.8 Å². The predicted octanol–water partition coefficient (Wildman–Crippen LogP) is 4.81. The molecule has 30 heavy (non-hydrogen) atoms. The highest BCUT2D eigenvalue weighted by atomic mass is 16.6. The van der Waals surface area contributed by atoms with Crippen LogP contribution in [0.5, 0.6) is 0 Å². The van der Waals surface area contributed by atoms with E-state index in [0.29, 0.717) is 28.9 Å². The van der Waals surface area contributed by atoms with Crippen LogP contribution in [0, 0.1) is 10.1 Å². The Labute approximate surface area is 173 Å². The van der Waals surface area contributed by atoms with Crippen LogP contribution in [0.2, 0.25) is 0 Å². The van der Waals surface area contributed by atoms with Gasteiger partial charge in [0.25, 0.3) is 5.69 Å². The molecule has 7 nitrogen and oxygen atoms in total. The van der Waals surface area contributed by atoms with Crippen molar-refractivity contribution in [3.63, 3.8) is 0 Å². The fourth-order valence-corrected chi connectivity index (χ4v) is 2.97. The third kappa shape index (κ3) is 4.70. The number of ketones is 1. The lowest BCUT2D eigenvalue weighted by Gasteiger charge is -2.18. The van der Waals surface area contributed by atoms with E-state index in [2.05, 4.69) is 5.32 Å². The molecule has 0 radical (unpaired) electrons. The molecule has 0 spiro atoms. The highest BCUT2D eigenvalue weighted by Gasteiger charge is 2.28. The largest absolute Gasteiger partial charge is 0.445 e. The van der Waals surface area contributed by atoms with Crippen molar-refractivity contribution >= 4 is 23.1 Å². The number of nitro groups is 1. The molecule has 3 aromatic carbocycles. The molecule has 152 valence electrons. The zero-order chi connectivity index (χ0) is 21.5. The van der Waals surface area contributed by atoms with Crippen molar-refractivity contribution in [1.82, 2.24) is 0 Å². The van der Waals surface area contributed by atoms with Gasteiger partial charge in [-0.05, 0) is 31.2 Å². The maximum absolute atomic E-state index is 13.1. The third-order valence-electron chi connectivity index (χ3n) is 4.44. The van der Waals surface area contributed by atoms with E-state index in [4.69, 9.17) is 4.74 Å². The average molecular weight is 404 g/mol. The minimum Gasteiger partial charge on any atom is -0.445 e. The summed E-state index contributed by atoms with van der Waals surface area (Å²) in [6.45, 7) is 2.51. The van der Waals surface area contributed by atoms with Crippen LogP contribution in [0.4, 0.5) is 11.4 Å². The molecule has 0 heterocycles. The number of para-hydroxylation sites is 1. The zero-order valence-electron chi connectivity index (χ0n) is 16.3. The number of anilines is 1. The maximum atomic E-state index is 13.1.